The summed E-state index contributed by atoms with van der Waals surface area (Å²) < 4.78 is 2.18. The molecule has 1 aliphatic heterocycles. The molecule has 1 saturated carbocycles. The largest absolute Gasteiger partial charge is 0.437 e. The minimum Gasteiger partial charge on any atom is -0.437 e. The highest BCUT2D eigenvalue weighted by Gasteiger charge is 2.24. The van der Waals surface area contributed by atoms with Gasteiger partial charge >= 0.3 is 7.05 Å². The van der Waals surface area contributed by atoms with Crippen LogP contribution < -0.4 is 10.2 Å². The zero-order chi connectivity index (χ0) is 22.9. The molecule has 0 atom stereocenters. The molecule has 7 nitrogen and oxygen atoms in total. The molecular formula is C24H32BN5O2S. The van der Waals surface area contributed by atoms with E-state index in [0.717, 1.165) is 58.3 Å². The lowest BCUT2D eigenvalue weighted by Crippen LogP contribution is -2.51. The normalized spacial score (nSPS) is 18.1. The van der Waals surface area contributed by atoms with Gasteiger partial charge in [-0.15, -0.1) is 11.3 Å². The van der Waals surface area contributed by atoms with Crippen molar-refractivity contribution in [1.29, 1.82) is 0 Å². The minimum absolute atomic E-state index is 0.0657. The first-order valence-corrected chi connectivity index (χ1v) is 12.9. The Hall–Kier alpha value is -2.36. The molecule has 2 fully saturated rings. The summed E-state index contributed by atoms with van der Waals surface area (Å²) in [7, 11) is -0.395. The molecule has 3 heterocycles. The summed E-state index contributed by atoms with van der Waals surface area (Å²) in [6.45, 7) is 7.32. The predicted molar refractivity (Wildman–Crippen MR) is 136 cm³/mol. The van der Waals surface area contributed by atoms with Crippen molar-refractivity contribution in [2.45, 2.75) is 51.9 Å². The van der Waals surface area contributed by atoms with E-state index in [9.17, 15) is 9.82 Å². The molecule has 0 spiro atoms. The van der Waals surface area contributed by atoms with Crippen molar-refractivity contribution in [2.75, 3.05) is 36.4 Å². The van der Waals surface area contributed by atoms with Gasteiger partial charge in [0.2, 0.25) is 0 Å². The topological polar surface area (TPSA) is 73.6 Å². The number of aromatic nitrogens is 2. The molecule has 1 amide bonds. The van der Waals surface area contributed by atoms with E-state index in [0.29, 0.717) is 6.04 Å². The molecule has 3 aromatic rings. The van der Waals surface area contributed by atoms with Crippen LogP contribution in [0.3, 0.4) is 0 Å². The van der Waals surface area contributed by atoms with E-state index in [-0.39, 0.29) is 5.91 Å². The molecule has 0 unspecified atom stereocenters. The Kier molecular flexibility index (Phi) is 6.45. The van der Waals surface area contributed by atoms with Gasteiger partial charge in [-0.2, -0.15) is 5.10 Å². The third-order valence-electron chi connectivity index (χ3n) is 7.05. The second kappa shape index (κ2) is 9.48. The van der Waals surface area contributed by atoms with Crippen LogP contribution in [0, 0.1) is 6.92 Å². The fourth-order valence-electron chi connectivity index (χ4n) is 5.06. The maximum Gasteiger partial charge on any atom is 0.376 e. The van der Waals surface area contributed by atoms with Crippen molar-refractivity contribution in [3.8, 4) is 0 Å². The maximum absolute atomic E-state index is 13.0. The van der Waals surface area contributed by atoms with Crippen LogP contribution >= 0.6 is 11.3 Å². The number of thiophene rings is 1. The number of hydrogen-bond acceptors (Lipinski definition) is 6. The molecule has 9 heteroatoms. The monoisotopic (exact) mass is 465 g/mol. The Balaban J connectivity index is 1.26. The van der Waals surface area contributed by atoms with Crippen LogP contribution in [0.15, 0.2) is 30.3 Å². The van der Waals surface area contributed by atoms with Crippen molar-refractivity contribution in [3.05, 3.63) is 40.9 Å². The van der Waals surface area contributed by atoms with Crippen molar-refractivity contribution in [3.63, 3.8) is 0 Å². The third-order valence-corrected chi connectivity index (χ3v) is 8.17. The lowest BCUT2D eigenvalue weighted by molar-refractivity contribution is 0.103. The van der Waals surface area contributed by atoms with Gasteiger partial charge in [-0.25, -0.2) is 0 Å². The van der Waals surface area contributed by atoms with Gasteiger partial charge in [-0.1, -0.05) is 19.3 Å². The molecule has 1 aromatic carbocycles. The highest BCUT2D eigenvalue weighted by Crippen LogP contribution is 2.35. The Morgan fingerprint density at radius 1 is 1.12 bits per heavy atom. The van der Waals surface area contributed by atoms with Crippen LogP contribution in [0.5, 0.6) is 0 Å². The van der Waals surface area contributed by atoms with Gasteiger partial charge < -0.3 is 20.1 Å². The first-order valence-electron chi connectivity index (χ1n) is 12.1. The first-order chi connectivity index (χ1) is 16.0. The van der Waals surface area contributed by atoms with E-state index in [1.54, 1.807) is 11.3 Å². The molecule has 5 rings (SSSR count). The molecule has 1 saturated heterocycles. The number of benzene rings is 1. The van der Waals surface area contributed by atoms with Crippen LogP contribution in [-0.4, -0.2) is 58.8 Å². The molecule has 0 radical (unpaired) electrons. The third kappa shape index (κ3) is 4.67. The summed E-state index contributed by atoms with van der Waals surface area (Å²) in [4.78, 5) is 19.2. The van der Waals surface area contributed by atoms with Crippen molar-refractivity contribution in [1.82, 2.24) is 14.6 Å². The van der Waals surface area contributed by atoms with Crippen LogP contribution in [-0.2, 0) is 0 Å². The Morgan fingerprint density at radius 3 is 2.48 bits per heavy atom. The number of nitrogens with zero attached hydrogens (tertiary/aromatic N) is 4. The molecule has 2 aromatic heterocycles. The summed E-state index contributed by atoms with van der Waals surface area (Å²) in [6, 6.07) is 10.5. The Morgan fingerprint density at radius 2 is 1.82 bits per heavy atom. The van der Waals surface area contributed by atoms with Gasteiger partial charge in [-0.05, 0) is 56.9 Å². The fraction of sp³-hybridized carbons (Fsp3) is 0.500. The predicted octanol–water partition coefficient (Wildman–Crippen LogP) is 4.40. The highest BCUT2D eigenvalue weighted by molar-refractivity contribution is 7.20. The number of aryl methyl sites for hydroxylation is 1. The number of anilines is 2. The van der Waals surface area contributed by atoms with Crippen molar-refractivity contribution in [2.24, 2.45) is 0 Å². The number of fused-ring (bicyclic) bond motifs is 1. The van der Waals surface area contributed by atoms with E-state index in [4.69, 9.17) is 5.10 Å². The van der Waals surface area contributed by atoms with Gasteiger partial charge in [-0.3, -0.25) is 9.48 Å². The van der Waals surface area contributed by atoms with Crippen LogP contribution in [0.25, 0.3) is 10.2 Å². The summed E-state index contributed by atoms with van der Waals surface area (Å²) in [6.07, 6.45) is 6.19. The smallest absolute Gasteiger partial charge is 0.376 e. The van der Waals surface area contributed by atoms with E-state index in [1.165, 1.54) is 32.1 Å². The number of nitrogens with one attached hydrogen (secondary N) is 1. The molecule has 33 heavy (non-hydrogen) atoms. The number of hydrogen-bond donors (Lipinski definition) is 2. The average molecular weight is 465 g/mol. The number of piperazine rings is 1. The molecule has 0 bridgehead atoms. The summed E-state index contributed by atoms with van der Waals surface area (Å²) in [5.41, 5.74) is 2.95. The van der Waals surface area contributed by atoms with Gasteiger partial charge in [0.05, 0.1) is 16.6 Å². The molecule has 2 aliphatic rings. The van der Waals surface area contributed by atoms with E-state index in [2.05, 4.69) is 31.8 Å². The molecule has 2 N–H and O–H groups in total. The Bertz CT molecular complexity index is 1110. The van der Waals surface area contributed by atoms with Crippen molar-refractivity contribution < 1.29 is 9.82 Å². The van der Waals surface area contributed by atoms with Crippen molar-refractivity contribution >= 4 is 45.9 Å². The SMILES string of the molecule is CB(O)N1CCN(c2ccc(NC(=O)c3cc4c(C)nn(C5CCCCC5)c4s3)cc2)CC1. The zero-order valence-corrected chi connectivity index (χ0v) is 20.3. The first kappa shape index (κ1) is 22.4. The molecular weight excluding hydrogens is 433 g/mol. The van der Waals surface area contributed by atoms with Crippen LogP contribution in [0.1, 0.15) is 53.5 Å². The summed E-state index contributed by atoms with van der Waals surface area (Å²) >= 11 is 1.55. The van der Waals surface area contributed by atoms with Gasteiger partial charge in [0, 0.05) is 42.9 Å². The fourth-order valence-corrected chi connectivity index (χ4v) is 6.19. The van der Waals surface area contributed by atoms with Gasteiger partial charge in [0.25, 0.3) is 5.91 Å². The van der Waals surface area contributed by atoms with E-state index < -0.39 is 7.05 Å². The van der Waals surface area contributed by atoms with Crippen LogP contribution in [0.4, 0.5) is 11.4 Å². The van der Waals surface area contributed by atoms with Gasteiger partial charge in [0.15, 0.2) is 0 Å². The second-order valence-corrected chi connectivity index (χ2v) is 10.3. The number of carbonyl (C=O) groups excluding carboxylic acids is 1. The number of rotatable bonds is 5. The summed E-state index contributed by atoms with van der Waals surface area (Å²) in [5, 5.41) is 18.7. The zero-order valence-electron chi connectivity index (χ0n) is 19.5. The number of amides is 1. The quantitative estimate of drug-likeness (QED) is 0.547. The standard InChI is InChI=1S/C24H32BN5O2S/c1-17-21-16-22(33-24(21)30(27-17)20-6-4-3-5-7-20)23(31)26-18-8-10-19(11-9-18)28-12-14-29(15-13-28)25(2)32/h8-11,16,20,32H,3-7,12-15H2,1-2H3,(H,26,31). The van der Waals surface area contributed by atoms with Crippen LogP contribution in [0.2, 0.25) is 6.82 Å². The number of carbonyl (C=O) groups is 1. The lowest BCUT2D eigenvalue weighted by Gasteiger charge is -2.36. The highest BCUT2D eigenvalue weighted by atomic mass is 32.1. The summed E-state index contributed by atoms with van der Waals surface area (Å²) in [5.74, 6) is -0.0657. The van der Waals surface area contributed by atoms with Gasteiger partial charge in [0.1, 0.15) is 4.83 Å². The Labute approximate surface area is 199 Å². The molecule has 174 valence electrons. The molecule has 1 aliphatic carbocycles. The van der Waals surface area contributed by atoms with E-state index >= 15 is 0 Å². The second-order valence-electron chi connectivity index (χ2n) is 9.31. The van der Waals surface area contributed by atoms with E-state index in [1.807, 2.05) is 31.9 Å². The minimum atomic E-state index is -0.395. The average Bonchev–Trinajstić information content (AvgIpc) is 3.41. The maximum atomic E-state index is 13.0. The lowest BCUT2D eigenvalue weighted by atomic mass is 9.84.